The molecular formula is C16H25NO2S. The van der Waals surface area contributed by atoms with Crippen molar-refractivity contribution in [1.82, 2.24) is 5.32 Å². The molecule has 1 aromatic carbocycles. The Hall–Kier alpha value is -1.00. The molecule has 112 valence electrons. The Bertz CT molecular complexity index is 409. The van der Waals surface area contributed by atoms with Gasteiger partial charge < -0.3 is 10.1 Å². The maximum Gasteiger partial charge on any atom is 0.230 e. The van der Waals surface area contributed by atoms with Crippen molar-refractivity contribution in [2.75, 3.05) is 26.0 Å². The summed E-state index contributed by atoms with van der Waals surface area (Å²) >= 11 is 1.57. The molecule has 0 radical (unpaired) electrons. The lowest BCUT2D eigenvalue weighted by Crippen LogP contribution is -2.26. The quantitative estimate of drug-likeness (QED) is 0.620. The Morgan fingerprint density at radius 3 is 2.45 bits per heavy atom. The van der Waals surface area contributed by atoms with Crippen molar-refractivity contribution in [3.63, 3.8) is 0 Å². The van der Waals surface area contributed by atoms with Crippen LogP contribution in [0, 0.1) is 0 Å². The van der Waals surface area contributed by atoms with E-state index >= 15 is 0 Å². The number of hydrogen-bond acceptors (Lipinski definition) is 3. The Balaban J connectivity index is 2.33. The van der Waals surface area contributed by atoms with Gasteiger partial charge in [-0.15, -0.1) is 11.8 Å². The smallest absolute Gasteiger partial charge is 0.230 e. The zero-order valence-corrected chi connectivity index (χ0v) is 13.7. The van der Waals surface area contributed by atoms with Gasteiger partial charge in [-0.3, -0.25) is 4.79 Å². The molecule has 0 spiro atoms. The predicted octanol–water partition coefficient (Wildman–Crippen LogP) is 3.23. The lowest BCUT2D eigenvalue weighted by Gasteiger charge is -2.19. The summed E-state index contributed by atoms with van der Waals surface area (Å²) in [6.45, 7) is 7.95. The maximum absolute atomic E-state index is 11.6. The number of amides is 1. The fourth-order valence-corrected chi connectivity index (χ4v) is 2.42. The van der Waals surface area contributed by atoms with Crippen LogP contribution in [-0.2, 0) is 14.9 Å². The monoisotopic (exact) mass is 295 g/mol. The molecule has 1 rings (SSSR count). The number of benzene rings is 1. The van der Waals surface area contributed by atoms with Gasteiger partial charge in [-0.25, -0.2) is 0 Å². The number of thioether (sulfide) groups is 1. The number of methoxy groups -OCH3 is 1. The summed E-state index contributed by atoms with van der Waals surface area (Å²) < 4.78 is 4.94. The molecule has 0 aromatic heterocycles. The van der Waals surface area contributed by atoms with Crippen LogP contribution in [0.4, 0.5) is 0 Å². The van der Waals surface area contributed by atoms with E-state index in [1.165, 1.54) is 5.56 Å². The highest BCUT2D eigenvalue weighted by Gasteiger charge is 2.13. The largest absolute Gasteiger partial charge is 0.385 e. The third-order valence-electron chi connectivity index (χ3n) is 2.94. The summed E-state index contributed by atoms with van der Waals surface area (Å²) in [5.74, 6) is 0.535. The van der Waals surface area contributed by atoms with E-state index in [9.17, 15) is 4.79 Å². The molecule has 0 bridgehead atoms. The van der Waals surface area contributed by atoms with E-state index < -0.39 is 0 Å². The molecular weight excluding hydrogens is 270 g/mol. The summed E-state index contributed by atoms with van der Waals surface area (Å²) in [6.07, 6.45) is 0.854. The van der Waals surface area contributed by atoms with Gasteiger partial charge in [0.1, 0.15) is 0 Å². The van der Waals surface area contributed by atoms with Crippen molar-refractivity contribution in [2.24, 2.45) is 0 Å². The van der Waals surface area contributed by atoms with Gasteiger partial charge in [0.25, 0.3) is 0 Å². The minimum atomic E-state index is 0.0750. The van der Waals surface area contributed by atoms with Crippen LogP contribution in [0.1, 0.15) is 32.8 Å². The maximum atomic E-state index is 11.6. The molecule has 1 aromatic rings. The first kappa shape index (κ1) is 17.1. The number of ether oxygens (including phenoxy) is 1. The van der Waals surface area contributed by atoms with E-state index in [0.717, 1.165) is 11.3 Å². The van der Waals surface area contributed by atoms with Crippen LogP contribution in [-0.4, -0.2) is 31.9 Å². The molecule has 0 aliphatic heterocycles. The third kappa shape index (κ3) is 6.44. The molecule has 4 heteroatoms. The SMILES string of the molecule is COCCCNC(=O)CSc1ccc(C(C)(C)C)cc1. The highest BCUT2D eigenvalue weighted by atomic mass is 32.2. The Kier molecular flexibility index (Phi) is 7.10. The van der Waals surface area contributed by atoms with Gasteiger partial charge in [0.05, 0.1) is 5.75 Å². The van der Waals surface area contributed by atoms with E-state index in [0.29, 0.717) is 18.9 Å². The van der Waals surface area contributed by atoms with Crippen LogP contribution < -0.4 is 5.32 Å². The summed E-state index contributed by atoms with van der Waals surface area (Å²) in [6, 6.07) is 8.45. The van der Waals surface area contributed by atoms with E-state index in [1.54, 1.807) is 18.9 Å². The fraction of sp³-hybridized carbons (Fsp3) is 0.562. The second-order valence-electron chi connectivity index (χ2n) is 5.76. The highest BCUT2D eigenvalue weighted by Crippen LogP contribution is 2.25. The van der Waals surface area contributed by atoms with Crippen molar-refractivity contribution in [2.45, 2.75) is 37.5 Å². The number of hydrogen-bond donors (Lipinski definition) is 1. The van der Waals surface area contributed by atoms with Gasteiger partial charge in [0, 0.05) is 25.2 Å². The van der Waals surface area contributed by atoms with E-state index in [1.807, 2.05) is 0 Å². The van der Waals surface area contributed by atoms with Gasteiger partial charge in [0.15, 0.2) is 0 Å². The van der Waals surface area contributed by atoms with Crippen molar-refractivity contribution < 1.29 is 9.53 Å². The molecule has 0 aliphatic carbocycles. The molecule has 0 saturated heterocycles. The summed E-state index contributed by atoms with van der Waals surface area (Å²) in [5.41, 5.74) is 1.48. The van der Waals surface area contributed by atoms with Gasteiger partial charge >= 0.3 is 0 Å². The highest BCUT2D eigenvalue weighted by molar-refractivity contribution is 8.00. The van der Waals surface area contributed by atoms with Crippen molar-refractivity contribution in [3.8, 4) is 0 Å². The minimum Gasteiger partial charge on any atom is -0.385 e. The zero-order valence-electron chi connectivity index (χ0n) is 12.9. The molecule has 1 amide bonds. The predicted molar refractivity (Wildman–Crippen MR) is 85.4 cm³/mol. The summed E-state index contributed by atoms with van der Waals surface area (Å²) in [5, 5.41) is 2.88. The first-order valence-corrected chi connectivity index (χ1v) is 7.91. The van der Waals surface area contributed by atoms with Crippen molar-refractivity contribution >= 4 is 17.7 Å². The molecule has 1 N–H and O–H groups in total. The van der Waals surface area contributed by atoms with Crippen LogP contribution in [0.25, 0.3) is 0 Å². The summed E-state index contributed by atoms with van der Waals surface area (Å²) in [4.78, 5) is 12.8. The first-order chi connectivity index (χ1) is 9.43. The van der Waals surface area contributed by atoms with Crippen LogP contribution in [0.2, 0.25) is 0 Å². The Labute approximate surface area is 126 Å². The molecule has 0 saturated carbocycles. The van der Waals surface area contributed by atoms with Gasteiger partial charge in [-0.05, 0) is 29.5 Å². The van der Waals surface area contributed by atoms with Gasteiger partial charge in [-0.2, -0.15) is 0 Å². The molecule has 0 fully saturated rings. The topological polar surface area (TPSA) is 38.3 Å². The lowest BCUT2D eigenvalue weighted by atomic mass is 9.87. The lowest BCUT2D eigenvalue weighted by molar-refractivity contribution is -0.118. The summed E-state index contributed by atoms with van der Waals surface area (Å²) in [7, 11) is 1.67. The van der Waals surface area contributed by atoms with Gasteiger partial charge in [-0.1, -0.05) is 32.9 Å². The number of carbonyl (C=O) groups is 1. The molecule has 0 atom stereocenters. The average Bonchev–Trinajstić information content (AvgIpc) is 2.41. The second kappa shape index (κ2) is 8.32. The van der Waals surface area contributed by atoms with E-state index in [4.69, 9.17) is 4.74 Å². The van der Waals surface area contributed by atoms with Crippen molar-refractivity contribution in [1.29, 1.82) is 0 Å². The second-order valence-corrected chi connectivity index (χ2v) is 6.81. The van der Waals surface area contributed by atoms with Crippen LogP contribution in [0.15, 0.2) is 29.2 Å². The number of rotatable bonds is 7. The zero-order chi connectivity index (χ0) is 15.0. The fourth-order valence-electron chi connectivity index (χ4n) is 1.70. The number of nitrogens with one attached hydrogen (secondary N) is 1. The minimum absolute atomic E-state index is 0.0750. The standard InChI is InChI=1S/C16H25NO2S/c1-16(2,3)13-6-8-14(9-7-13)20-12-15(18)17-10-5-11-19-4/h6-9H,5,10-12H2,1-4H3,(H,17,18). The van der Waals surface area contributed by atoms with E-state index in [2.05, 4.69) is 50.4 Å². The molecule has 0 aliphatic rings. The molecule has 0 heterocycles. The molecule has 3 nitrogen and oxygen atoms in total. The Morgan fingerprint density at radius 2 is 1.90 bits per heavy atom. The normalized spacial score (nSPS) is 11.4. The van der Waals surface area contributed by atoms with Crippen LogP contribution in [0.5, 0.6) is 0 Å². The third-order valence-corrected chi connectivity index (χ3v) is 3.95. The number of carbonyl (C=O) groups excluding carboxylic acids is 1. The Morgan fingerprint density at radius 1 is 1.25 bits per heavy atom. The molecule has 20 heavy (non-hydrogen) atoms. The van der Waals surface area contributed by atoms with E-state index in [-0.39, 0.29) is 11.3 Å². The van der Waals surface area contributed by atoms with Gasteiger partial charge in [0.2, 0.25) is 5.91 Å². The van der Waals surface area contributed by atoms with Crippen LogP contribution in [0.3, 0.4) is 0 Å². The van der Waals surface area contributed by atoms with Crippen LogP contribution >= 0.6 is 11.8 Å². The van der Waals surface area contributed by atoms with Crippen molar-refractivity contribution in [3.05, 3.63) is 29.8 Å². The average molecular weight is 295 g/mol. The first-order valence-electron chi connectivity index (χ1n) is 6.92. The molecule has 0 unspecified atom stereocenters.